The molecule has 1 aliphatic carbocycles. The topological polar surface area (TPSA) is 95.7 Å². The van der Waals surface area contributed by atoms with E-state index in [-0.39, 0.29) is 18.4 Å². The van der Waals surface area contributed by atoms with E-state index in [9.17, 15) is 14.4 Å². The van der Waals surface area contributed by atoms with Crippen molar-refractivity contribution in [2.24, 2.45) is 5.73 Å². The van der Waals surface area contributed by atoms with Crippen LogP contribution in [0.2, 0.25) is 0 Å². The van der Waals surface area contributed by atoms with E-state index in [4.69, 9.17) is 5.73 Å². The standard InChI is InChI=1S/C24H30N4O3S/c25-23(31)22-18-9-5-10-19(18)32-24(22)26-20(29)16-27-12-14-28(15-13-27)21(30)11-4-8-17-6-2-1-3-7-17/h1-3,6-7H,4-5,8-16H2,(H2,25,31)(H,26,29). The number of thiophene rings is 1. The lowest BCUT2D eigenvalue weighted by Gasteiger charge is -2.34. The molecule has 1 aliphatic heterocycles. The highest BCUT2D eigenvalue weighted by atomic mass is 32.1. The Morgan fingerprint density at radius 1 is 1.03 bits per heavy atom. The molecule has 0 spiro atoms. The Hall–Kier alpha value is -2.71. The van der Waals surface area contributed by atoms with E-state index >= 15 is 0 Å². The third kappa shape index (κ3) is 5.37. The summed E-state index contributed by atoms with van der Waals surface area (Å²) in [6, 6.07) is 10.2. The molecule has 1 aromatic carbocycles. The molecule has 2 heterocycles. The summed E-state index contributed by atoms with van der Waals surface area (Å²) in [6.07, 6.45) is 5.13. The molecule has 1 aromatic heterocycles. The van der Waals surface area contributed by atoms with Crippen molar-refractivity contribution in [3.63, 3.8) is 0 Å². The van der Waals surface area contributed by atoms with E-state index in [0.717, 1.165) is 42.5 Å². The van der Waals surface area contributed by atoms with Gasteiger partial charge in [-0.05, 0) is 43.2 Å². The number of carbonyl (C=O) groups is 3. The SMILES string of the molecule is NC(=O)c1c(NC(=O)CN2CCN(C(=O)CCCc3ccccc3)CC2)sc2c1CCC2. The number of fused-ring (bicyclic) bond motifs is 1. The van der Waals surface area contributed by atoms with Crippen molar-refractivity contribution in [3.8, 4) is 0 Å². The quantitative estimate of drug-likeness (QED) is 0.640. The lowest BCUT2D eigenvalue weighted by atomic mass is 10.1. The fraction of sp³-hybridized carbons (Fsp3) is 0.458. The molecule has 32 heavy (non-hydrogen) atoms. The lowest BCUT2D eigenvalue weighted by molar-refractivity contribution is -0.133. The fourth-order valence-corrected chi connectivity index (χ4v) is 5.83. The van der Waals surface area contributed by atoms with Crippen LogP contribution >= 0.6 is 11.3 Å². The number of amides is 3. The summed E-state index contributed by atoms with van der Waals surface area (Å²) >= 11 is 1.47. The number of rotatable bonds is 8. The van der Waals surface area contributed by atoms with Crippen molar-refractivity contribution >= 4 is 34.1 Å². The van der Waals surface area contributed by atoms with Crippen molar-refractivity contribution in [2.75, 3.05) is 38.0 Å². The van der Waals surface area contributed by atoms with Crippen LogP contribution < -0.4 is 11.1 Å². The number of benzene rings is 1. The molecule has 0 atom stereocenters. The predicted molar refractivity (Wildman–Crippen MR) is 126 cm³/mol. The predicted octanol–water partition coefficient (Wildman–Crippen LogP) is 2.44. The molecule has 3 N–H and O–H groups in total. The average molecular weight is 455 g/mol. The zero-order valence-corrected chi connectivity index (χ0v) is 19.1. The Bertz CT molecular complexity index is 981. The van der Waals surface area contributed by atoms with Crippen molar-refractivity contribution < 1.29 is 14.4 Å². The molecule has 3 amide bonds. The number of nitrogens with two attached hydrogens (primary N) is 1. The first-order valence-electron chi connectivity index (χ1n) is 11.3. The van der Waals surface area contributed by atoms with Crippen molar-refractivity contribution in [2.45, 2.75) is 38.5 Å². The summed E-state index contributed by atoms with van der Waals surface area (Å²) in [6.45, 7) is 2.86. The van der Waals surface area contributed by atoms with Crippen molar-refractivity contribution in [3.05, 3.63) is 51.9 Å². The zero-order chi connectivity index (χ0) is 22.5. The van der Waals surface area contributed by atoms with Crippen LogP contribution in [0.4, 0.5) is 5.00 Å². The summed E-state index contributed by atoms with van der Waals surface area (Å²) in [4.78, 5) is 42.1. The molecule has 7 nitrogen and oxygen atoms in total. The Balaban J connectivity index is 1.21. The Morgan fingerprint density at radius 3 is 2.50 bits per heavy atom. The first kappa shape index (κ1) is 22.5. The first-order chi connectivity index (χ1) is 15.5. The first-order valence-corrected chi connectivity index (χ1v) is 12.1. The molecular formula is C24H30N4O3S. The van der Waals surface area contributed by atoms with Gasteiger partial charge in [0.05, 0.1) is 12.1 Å². The molecule has 0 saturated carbocycles. The molecule has 8 heteroatoms. The zero-order valence-electron chi connectivity index (χ0n) is 18.3. The lowest BCUT2D eigenvalue weighted by Crippen LogP contribution is -2.50. The van der Waals surface area contributed by atoms with Crippen LogP contribution in [0.5, 0.6) is 0 Å². The Kier molecular flexibility index (Phi) is 7.22. The fourth-order valence-electron chi connectivity index (χ4n) is 4.52. The number of aryl methyl sites for hydroxylation is 2. The molecule has 0 radical (unpaired) electrons. The van der Waals surface area contributed by atoms with Gasteiger partial charge in [-0.2, -0.15) is 0 Å². The third-order valence-corrected chi connectivity index (χ3v) is 7.42. The number of piperazine rings is 1. The Morgan fingerprint density at radius 2 is 1.78 bits per heavy atom. The van der Waals surface area contributed by atoms with Gasteiger partial charge >= 0.3 is 0 Å². The molecule has 2 aromatic rings. The van der Waals surface area contributed by atoms with Crippen LogP contribution in [0.25, 0.3) is 0 Å². The maximum absolute atomic E-state index is 12.6. The molecule has 2 aliphatic rings. The summed E-state index contributed by atoms with van der Waals surface area (Å²) < 4.78 is 0. The van der Waals surface area contributed by atoms with Gasteiger partial charge in [0.25, 0.3) is 5.91 Å². The van der Waals surface area contributed by atoms with Gasteiger partial charge in [-0.3, -0.25) is 19.3 Å². The number of anilines is 1. The molecule has 1 fully saturated rings. The summed E-state index contributed by atoms with van der Waals surface area (Å²) in [5.74, 6) is -0.432. The van der Waals surface area contributed by atoms with E-state index in [0.29, 0.717) is 43.2 Å². The van der Waals surface area contributed by atoms with Gasteiger partial charge in [-0.25, -0.2) is 0 Å². The van der Waals surface area contributed by atoms with Crippen LogP contribution in [0.15, 0.2) is 30.3 Å². The number of primary amides is 1. The smallest absolute Gasteiger partial charge is 0.251 e. The highest BCUT2D eigenvalue weighted by molar-refractivity contribution is 7.17. The van der Waals surface area contributed by atoms with Crippen LogP contribution in [0.3, 0.4) is 0 Å². The summed E-state index contributed by atoms with van der Waals surface area (Å²) in [5, 5.41) is 3.49. The van der Waals surface area contributed by atoms with Crippen LogP contribution in [0, 0.1) is 0 Å². The van der Waals surface area contributed by atoms with Gasteiger partial charge in [-0.1, -0.05) is 30.3 Å². The third-order valence-electron chi connectivity index (χ3n) is 6.21. The number of nitrogens with zero attached hydrogens (tertiary/aromatic N) is 2. The van der Waals surface area contributed by atoms with Gasteiger partial charge in [-0.15, -0.1) is 11.3 Å². The van der Waals surface area contributed by atoms with E-state index in [1.165, 1.54) is 16.9 Å². The second-order valence-electron chi connectivity index (χ2n) is 8.47. The molecule has 0 unspecified atom stereocenters. The minimum Gasteiger partial charge on any atom is -0.365 e. The minimum atomic E-state index is -0.473. The van der Waals surface area contributed by atoms with Gasteiger partial charge in [0, 0.05) is 37.5 Å². The summed E-state index contributed by atoms with van der Waals surface area (Å²) in [5.41, 5.74) is 8.33. The second-order valence-corrected chi connectivity index (χ2v) is 9.58. The largest absolute Gasteiger partial charge is 0.365 e. The van der Waals surface area contributed by atoms with E-state index < -0.39 is 5.91 Å². The highest BCUT2D eigenvalue weighted by Crippen LogP contribution is 2.38. The maximum atomic E-state index is 12.6. The number of nitrogens with one attached hydrogen (secondary N) is 1. The van der Waals surface area contributed by atoms with E-state index in [1.54, 1.807) is 0 Å². The highest BCUT2D eigenvalue weighted by Gasteiger charge is 2.27. The minimum absolute atomic E-state index is 0.143. The van der Waals surface area contributed by atoms with Crippen LogP contribution in [-0.2, 0) is 28.9 Å². The average Bonchev–Trinajstić information content (AvgIpc) is 3.35. The molecule has 1 saturated heterocycles. The maximum Gasteiger partial charge on any atom is 0.251 e. The van der Waals surface area contributed by atoms with Crippen LogP contribution in [0.1, 0.15) is 45.6 Å². The van der Waals surface area contributed by atoms with Gasteiger partial charge in [0.15, 0.2) is 0 Å². The monoisotopic (exact) mass is 454 g/mol. The number of hydrogen-bond donors (Lipinski definition) is 2. The molecular weight excluding hydrogens is 424 g/mol. The molecule has 0 bridgehead atoms. The number of hydrogen-bond acceptors (Lipinski definition) is 5. The van der Waals surface area contributed by atoms with Gasteiger partial charge in [0.1, 0.15) is 5.00 Å². The van der Waals surface area contributed by atoms with Crippen molar-refractivity contribution in [1.82, 2.24) is 9.80 Å². The summed E-state index contributed by atoms with van der Waals surface area (Å²) in [7, 11) is 0. The second kappa shape index (κ2) is 10.3. The van der Waals surface area contributed by atoms with Gasteiger partial charge in [0.2, 0.25) is 11.8 Å². The van der Waals surface area contributed by atoms with Crippen LogP contribution in [-0.4, -0.2) is 60.2 Å². The van der Waals surface area contributed by atoms with E-state index in [1.807, 2.05) is 28.0 Å². The molecule has 170 valence electrons. The van der Waals surface area contributed by atoms with Gasteiger partial charge < -0.3 is 16.0 Å². The van der Waals surface area contributed by atoms with E-state index in [2.05, 4.69) is 17.4 Å². The molecule has 4 rings (SSSR count). The Labute approximate surface area is 192 Å². The van der Waals surface area contributed by atoms with Crippen molar-refractivity contribution in [1.29, 1.82) is 0 Å². The number of carbonyl (C=O) groups excluding carboxylic acids is 3. The normalized spacial score (nSPS) is 16.1.